The number of hydrogen-bond donors (Lipinski definition) is 2. The molecule has 0 saturated carbocycles. The summed E-state index contributed by atoms with van der Waals surface area (Å²) < 4.78 is 11.1. The third-order valence-corrected chi connectivity index (χ3v) is 3.47. The molecule has 0 aliphatic rings. The number of nitrogens with zero attached hydrogens (tertiary/aromatic N) is 1. The predicted octanol–water partition coefficient (Wildman–Crippen LogP) is 2.58. The van der Waals surface area contributed by atoms with Crippen molar-refractivity contribution in [3.8, 4) is 17.1 Å². The molecule has 20 heavy (non-hydrogen) atoms. The lowest BCUT2D eigenvalue weighted by Crippen LogP contribution is -2.18. The highest BCUT2D eigenvalue weighted by atomic mass is 79.9. The Bertz CT molecular complexity index is 557. The summed E-state index contributed by atoms with van der Waals surface area (Å²) >= 11 is 3.48. The lowest BCUT2D eigenvalue weighted by molar-refractivity contribution is 0.199. The SMILES string of the molecule is COCCNCc1cnc(-c2ccc(OC)c(Br)c2)[nH]1. The molecule has 2 aromatic rings. The van der Waals surface area contributed by atoms with Crippen molar-refractivity contribution in [2.75, 3.05) is 27.4 Å². The van der Waals surface area contributed by atoms with Gasteiger partial charge < -0.3 is 19.8 Å². The van der Waals surface area contributed by atoms with Crippen molar-refractivity contribution in [1.29, 1.82) is 0 Å². The van der Waals surface area contributed by atoms with Gasteiger partial charge in [-0.1, -0.05) is 0 Å². The molecule has 0 saturated heterocycles. The number of ether oxygens (including phenoxy) is 2. The van der Waals surface area contributed by atoms with Crippen molar-refractivity contribution in [3.63, 3.8) is 0 Å². The minimum Gasteiger partial charge on any atom is -0.496 e. The average molecular weight is 340 g/mol. The van der Waals surface area contributed by atoms with Crippen LogP contribution in [-0.4, -0.2) is 37.3 Å². The number of nitrogens with one attached hydrogen (secondary N) is 2. The molecule has 1 aromatic carbocycles. The van der Waals surface area contributed by atoms with E-state index in [0.29, 0.717) is 6.61 Å². The molecule has 6 heteroatoms. The minimum absolute atomic E-state index is 0.701. The average Bonchev–Trinajstić information content (AvgIpc) is 2.92. The minimum atomic E-state index is 0.701. The smallest absolute Gasteiger partial charge is 0.137 e. The zero-order valence-electron chi connectivity index (χ0n) is 11.6. The zero-order chi connectivity index (χ0) is 14.4. The quantitative estimate of drug-likeness (QED) is 0.761. The van der Waals surface area contributed by atoms with E-state index in [0.717, 1.165) is 40.4 Å². The van der Waals surface area contributed by atoms with Crippen LogP contribution in [0.3, 0.4) is 0 Å². The third kappa shape index (κ3) is 3.82. The molecule has 0 atom stereocenters. The van der Waals surface area contributed by atoms with E-state index in [1.54, 1.807) is 14.2 Å². The molecule has 0 bridgehead atoms. The van der Waals surface area contributed by atoms with Crippen molar-refractivity contribution < 1.29 is 9.47 Å². The zero-order valence-corrected chi connectivity index (χ0v) is 13.2. The molecular formula is C14H18BrN3O2. The van der Waals surface area contributed by atoms with Crippen LogP contribution < -0.4 is 10.1 Å². The first-order chi connectivity index (χ1) is 9.74. The Labute approximate surface area is 126 Å². The van der Waals surface area contributed by atoms with Crippen LogP contribution in [-0.2, 0) is 11.3 Å². The molecule has 108 valence electrons. The molecule has 1 aromatic heterocycles. The second-order valence-corrected chi connectivity index (χ2v) is 5.13. The highest BCUT2D eigenvalue weighted by Crippen LogP contribution is 2.29. The number of halogens is 1. The summed E-state index contributed by atoms with van der Waals surface area (Å²) in [6.45, 7) is 2.26. The summed E-state index contributed by atoms with van der Waals surface area (Å²) in [6.07, 6.45) is 1.84. The lowest BCUT2D eigenvalue weighted by Gasteiger charge is -2.04. The van der Waals surface area contributed by atoms with Crippen LogP contribution in [0.4, 0.5) is 0 Å². The van der Waals surface area contributed by atoms with E-state index >= 15 is 0 Å². The third-order valence-electron chi connectivity index (χ3n) is 2.85. The van der Waals surface area contributed by atoms with Gasteiger partial charge >= 0.3 is 0 Å². The van der Waals surface area contributed by atoms with Gasteiger partial charge in [0.25, 0.3) is 0 Å². The van der Waals surface area contributed by atoms with E-state index in [9.17, 15) is 0 Å². The number of aromatic nitrogens is 2. The predicted molar refractivity (Wildman–Crippen MR) is 81.9 cm³/mol. The molecule has 2 rings (SSSR count). The molecule has 5 nitrogen and oxygen atoms in total. The van der Waals surface area contributed by atoms with E-state index in [4.69, 9.17) is 9.47 Å². The number of rotatable bonds is 7. The lowest BCUT2D eigenvalue weighted by atomic mass is 10.2. The summed E-state index contributed by atoms with van der Waals surface area (Å²) in [6, 6.07) is 5.88. The van der Waals surface area contributed by atoms with Gasteiger partial charge in [-0.05, 0) is 34.1 Å². The molecule has 0 radical (unpaired) electrons. The van der Waals surface area contributed by atoms with Gasteiger partial charge in [0.2, 0.25) is 0 Å². The highest BCUT2D eigenvalue weighted by Gasteiger charge is 2.06. The number of hydrogen-bond acceptors (Lipinski definition) is 4. The first kappa shape index (κ1) is 15.0. The Balaban J connectivity index is 2.03. The molecule has 0 aliphatic carbocycles. The van der Waals surface area contributed by atoms with Crippen LogP contribution in [0.5, 0.6) is 5.75 Å². The summed E-state index contributed by atoms with van der Waals surface area (Å²) in [5.74, 6) is 1.65. The van der Waals surface area contributed by atoms with Crippen LogP contribution in [0.2, 0.25) is 0 Å². The standard InChI is InChI=1S/C14H18BrN3O2/c1-19-6-5-16-8-11-9-17-14(18-11)10-3-4-13(20-2)12(15)7-10/h3-4,7,9,16H,5-6,8H2,1-2H3,(H,17,18). The van der Waals surface area contributed by atoms with E-state index in [-0.39, 0.29) is 0 Å². The maximum absolute atomic E-state index is 5.22. The number of imidazole rings is 1. The maximum atomic E-state index is 5.22. The fourth-order valence-corrected chi connectivity index (χ4v) is 2.35. The van der Waals surface area contributed by atoms with E-state index in [1.807, 2.05) is 24.4 Å². The van der Waals surface area contributed by atoms with Gasteiger partial charge in [0.15, 0.2) is 0 Å². The Morgan fingerprint density at radius 2 is 2.20 bits per heavy atom. The van der Waals surface area contributed by atoms with Crippen LogP contribution in [0.15, 0.2) is 28.9 Å². The van der Waals surface area contributed by atoms with Crippen LogP contribution in [0.25, 0.3) is 11.4 Å². The highest BCUT2D eigenvalue weighted by molar-refractivity contribution is 9.10. The van der Waals surface area contributed by atoms with Crippen LogP contribution in [0, 0.1) is 0 Å². The van der Waals surface area contributed by atoms with Gasteiger partial charge in [0.1, 0.15) is 11.6 Å². The number of aromatic amines is 1. The molecule has 0 fully saturated rings. The number of benzene rings is 1. The molecule has 0 aliphatic heterocycles. The molecule has 1 heterocycles. The van der Waals surface area contributed by atoms with Crippen LogP contribution >= 0.6 is 15.9 Å². The van der Waals surface area contributed by atoms with Gasteiger partial charge in [0.05, 0.1) is 18.2 Å². The van der Waals surface area contributed by atoms with Crippen molar-refractivity contribution >= 4 is 15.9 Å². The van der Waals surface area contributed by atoms with Gasteiger partial charge in [0, 0.05) is 37.7 Å². The second-order valence-electron chi connectivity index (χ2n) is 4.28. The Hall–Kier alpha value is -1.37. The number of H-pyrrole nitrogens is 1. The Morgan fingerprint density at radius 1 is 1.35 bits per heavy atom. The fraction of sp³-hybridized carbons (Fsp3) is 0.357. The van der Waals surface area contributed by atoms with Crippen molar-refractivity contribution in [3.05, 3.63) is 34.6 Å². The first-order valence-corrected chi connectivity index (χ1v) is 7.11. The summed E-state index contributed by atoms with van der Waals surface area (Å²) in [7, 11) is 3.34. The maximum Gasteiger partial charge on any atom is 0.137 e. The van der Waals surface area contributed by atoms with Gasteiger partial charge in [-0.2, -0.15) is 0 Å². The largest absolute Gasteiger partial charge is 0.496 e. The molecule has 2 N–H and O–H groups in total. The van der Waals surface area contributed by atoms with E-state index < -0.39 is 0 Å². The van der Waals surface area contributed by atoms with Gasteiger partial charge in [-0.15, -0.1) is 0 Å². The van der Waals surface area contributed by atoms with Gasteiger partial charge in [-0.25, -0.2) is 4.98 Å². The molecular weight excluding hydrogens is 322 g/mol. The molecule has 0 unspecified atom stereocenters. The van der Waals surface area contributed by atoms with E-state index in [1.165, 1.54) is 0 Å². The first-order valence-electron chi connectivity index (χ1n) is 6.32. The van der Waals surface area contributed by atoms with Crippen molar-refractivity contribution in [1.82, 2.24) is 15.3 Å². The van der Waals surface area contributed by atoms with Crippen LogP contribution in [0.1, 0.15) is 5.69 Å². The van der Waals surface area contributed by atoms with Crippen molar-refractivity contribution in [2.24, 2.45) is 0 Å². The molecule has 0 spiro atoms. The second kappa shape index (κ2) is 7.42. The summed E-state index contributed by atoms with van der Waals surface area (Å²) in [5, 5.41) is 3.27. The topological polar surface area (TPSA) is 59.2 Å². The number of methoxy groups -OCH3 is 2. The molecule has 0 amide bonds. The van der Waals surface area contributed by atoms with Crippen molar-refractivity contribution in [2.45, 2.75) is 6.54 Å². The normalized spacial score (nSPS) is 10.8. The monoisotopic (exact) mass is 339 g/mol. The fourth-order valence-electron chi connectivity index (χ4n) is 1.81. The van der Waals surface area contributed by atoms with Gasteiger partial charge in [-0.3, -0.25) is 0 Å². The Kier molecular flexibility index (Phi) is 5.58. The summed E-state index contributed by atoms with van der Waals surface area (Å²) in [5.41, 5.74) is 2.06. The summed E-state index contributed by atoms with van der Waals surface area (Å²) in [4.78, 5) is 7.69. The Morgan fingerprint density at radius 3 is 2.90 bits per heavy atom. The van der Waals surface area contributed by atoms with E-state index in [2.05, 4.69) is 31.2 Å².